The monoisotopic (exact) mass is 363 g/mol. The zero-order valence-electron chi connectivity index (χ0n) is 14.2. The van der Waals surface area contributed by atoms with Crippen molar-refractivity contribution in [2.45, 2.75) is 25.9 Å². The summed E-state index contributed by atoms with van der Waals surface area (Å²) in [6.07, 6.45) is 0.627. The quantitative estimate of drug-likeness (QED) is 0.855. The summed E-state index contributed by atoms with van der Waals surface area (Å²) in [5.74, 6) is -0.982. The van der Waals surface area contributed by atoms with E-state index in [9.17, 15) is 14.3 Å². The van der Waals surface area contributed by atoms with Crippen LogP contribution in [0.4, 0.5) is 4.39 Å². The number of piperazine rings is 1. The van der Waals surface area contributed by atoms with Crippen LogP contribution in [0.25, 0.3) is 10.6 Å². The highest BCUT2D eigenvalue weighted by Crippen LogP contribution is 2.24. The molecule has 1 aliphatic rings. The Bertz CT molecular complexity index is 711. The van der Waals surface area contributed by atoms with E-state index in [1.807, 2.05) is 17.2 Å². The van der Waals surface area contributed by atoms with Gasteiger partial charge >= 0.3 is 5.97 Å². The first-order valence-electron chi connectivity index (χ1n) is 8.46. The van der Waals surface area contributed by atoms with Gasteiger partial charge in [0.25, 0.3) is 0 Å². The second-order valence-electron chi connectivity index (χ2n) is 6.23. The minimum atomic E-state index is -0.737. The van der Waals surface area contributed by atoms with Crippen LogP contribution in [0, 0.1) is 5.82 Å². The Balaban J connectivity index is 1.56. The Labute approximate surface area is 150 Å². The summed E-state index contributed by atoms with van der Waals surface area (Å²) in [6.45, 7) is 5.88. The van der Waals surface area contributed by atoms with Gasteiger partial charge in [0.2, 0.25) is 0 Å². The standard InChI is InChI=1S/C18H22FN3O2S/c1-2-16(18(23)24)22-9-7-21(8-10-22)11-15-12-25-17(20-15)13-3-5-14(19)6-4-13/h3-6,12,16H,2,7-11H2,1H3,(H,23,24). The number of aliphatic carboxylic acids is 1. The summed E-state index contributed by atoms with van der Waals surface area (Å²) >= 11 is 1.56. The summed E-state index contributed by atoms with van der Waals surface area (Å²) in [6, 6.07) is 6.00. The van der Waals surface area contributed by atoms with Crippen LogP contribution in [0.3, 0.4) is 0 Å². The summed E-state index contributed by atoms with van der Waals surface area (Å²) in [5.41, 5.74) is 1.93. The Kier molecular flexibility index (Phi) is 5.78. The molecule has 1 fully saturated rings. The van der Waals surface area contributed by atoms with Crippen molar-refractivity contribution in [1.29, 1.82) is 0 Å². The Hall–Kier alpha value is -1.83. The van der Waals surface area contributed by atoms with Gasteiger partial charge in [0.15, 0.2) is 0 Å². The zero-order chi connectivity index (χ0) is 17.8. The first-order valence-corrected chi connectivity index (χ1v) is 9.34. The average molecular weight is 363 g/mol. The number of hydrogen-bond acceptors (Lipinski definition) is 5. The van der Waals surface area contributed by atoms with Gasteiger partial charge in [-0.3, -0.25) is 14.6 Å². The smallest absolute Gasteiger partial charge is 0.320 e. The van der Waals surface area contributed by atoms with Crippen molar-refractivity contribution in [1.82, 2.24) is 14.8 Å². The number of hydrogen-bond donors (Lipinski definition) is 1. The van der Waals surface area contributed by atoms with Crippen LogP contribution in [0.2, 0.25) is 0 Å². The van der Waals surface area contributed by atoms with E-state index >= 15 is 0 Å². The van der Waals surface area contributed by atoms with Gasteiger partial charge < -0.3 is 5.11 Å². The molecule has 134 valence electrons. The Morgan fingerprint density at radius 1 is 1.28 bits per heavy atom. The lowest BCUT2D eigenvalue weighted by molar-refractivity contribution is -0.144. The van der Waals surface area contributed by atoms with Crippen LogP contribution in [0.15, 0.2) is 29.6 Å². The molecule has 1 atom stereocenters. The largest absolute Gasteiger partial charge is 0.480 e. The van der Waals surface area contributed by atoms with Crippen LogP contribution in [0.1, 0.15) is 19.0 Å². The van der Waals surface area contributed by atoms with Gasteiger partial charge in [0, 0.05) is 43.7 Å². The van der Waals surface area contributed by atoms with Gasteiger partial charge in [-0.15, -0.1) is 11.3 Å². The number of aromatic nitrogens is 1. The molecule has 0 aliphatic carbocycles. The van der Waals surface area contributed by atoms with Crippen molar-refractivity contribution in [2.24, 2.45) is 0 Å². The maximum atomic E-state index is 13.0. The molecule has 1 aromatic heterocycles. The van der Waals surface area contributed by atoms with Gasteiger partial charge in [-0.1, -0.05) is 6.92 Å². The molecule has 0 spiro atoms. The molecular weight excluding hydrogens is 341 g/mol. The molecule has 2 aromatic rings. The van der Waals surface area contributed by atoms with Crippen molar-refractivity contribution < 1.29 is 14.3 Å². The number of thiazole rings is 1. The SMILES string of the molecule is CCC(C(=O)O)N1CCN(Cc2csc(-c3ccc(F)cc3)n2)CC1. The lowest BCUT2D eigenvalue weighted by atomic mass is 10.1. The zero-order valence-corrected chi connectivity index (χ0v) is 15.0. The lowest BCUT2D eigenvalue weighted by Gasteiger charge is -2.37. The predicted molar refractivity (Wildman–Crippen MR) is 96.1 cm³/mol. The fourth-order valence-electron chi connectivity index (χ4n) is 3.16. The van der Waals surface area contributed by atoms with Crippen LogP contribution in [-0.4, -0.2) is 58.1 Å². The summed E-state index contributed by atoms with van der Waals surface area (Å²) in [4.78, 5) is 20.3. The van der Waals surface area contributed by atoms with E-state index in [1.54, 1.807) is 23.5 Å². The molecule has 2 heterocycles. The third kappa shape index (κ3) is 4.42. The Morgan fingerprint density at radius 3 is 2.56 bits per heavy atom. The molecule has 7 heteroatoms. The minimum Gasteiger partial charge on any atom is -0.480 e. The number of carbonyl (C=O) groups is 1. The van der Waals surface area contributed by atoms with E-state index in [2.05, 4.69) is 9.88 Å². The normalized spacial score (nSPS) is 17.5. The highest BCUT2D eigenvalue weighted by Gasteiger charge is 2.27. The third-order valence-electron chi connectivity index (χ3n) is 4.55. The van der Waals surface area contributed by atoms with E-state index in [0.29, 0.717) is 6.42 Å². The molecular formula is C18H22FN3O2S. The number of carboxylic acid groups (broad SMARTS) is 1. The maximum Gasteiger partial charge on any atom is 0.320 e. The highest BCUT2D eigenvalue weighted by molar-refractivity contribution is 7.13. The lowest BCUT2D eigenvalue weighted by Crippen LogP contribution is -2.52. The molecule has 25 heavy (non-hydrogen) atoms. The van der Waals surface area contributed by atoms with Crippen LogP contribution in [-0.2, 0) is 11.3 Å². The molecule has 1 aliphatic heterocycles. The van der Waals surface area contributed by atoms with Crippen molar-refractivity contribution >= 4 is 17.3 Å². The molecule has 5 nitrogen and oxygen atoms in total. The topological polar surface area (TPSA) is 56.7 Å². The van der Waals surface area contributed by atoms with Gasteiger partial charge in [0.05, 0.1) is 5.69 Å². The molecule has 1 unspecified atom stereocenters. The molecule has 3 rings (SSSR count). The number of halogens is 1. The number of carboxylic acids is 1. The van der Waals surface area contributed by atoms with E-state index < -0.39 is 5.97 Å². The second-order valence-corrected chi connectivity index (χ2v) is 7.08. The molecule has 1 aromatic carbocycles. The van der Waals surface area contributed by atoms with Crippen LogP contribution >= 0.6 is 11.3 Å². The van der Waals surface area contributed by atoms with E-state index in [1.165, 1.54) is 12.1 Å². The van der Waals surface area contributed by atoms with Crippen LogP contribution < -0.4 is 0 Å². The summed E-state index contributed by atoms with van der Waals surface area (Å²) in [7, 11) is 0. The van der Waals surface area contributed by atoms with Gasteiger partial charge in [-0.05, 0) is 30.7 Å². The van der Waals surface area contributed by atoms with E-state index in [0.717, 1.165) is 49.0 Å². The number of nitrogens with zero attached hydrogens (tertiary/aromatic N) is 3. The van der Waals surface area contributed by atoms with Crippen molar-refractivity contribution in [3.8, 4) is 10.6 Å². The molecule has 1 saturated heterocycles. The first-order chi connectivity index (χ1) is 12.1. The first kappa shape index (κ1) is 18.0. The molecule has 0 radical (unpaired) electrons. The van der Waals surface area contributed by atoms with E-state index in [4.69, 9.17) is 0 Å². The highest BCUT2D eigenvalue weighted by atomic mass is 32.1. The van der Waals surface area contributed by atoms with Gasteiger partial charge in [-0.2, -0.15) is 0 Å². The van der Waals surface area contributed by atoms with Gasteiger partial charge in [-0.25, -0.2) is 9.37 Å². The Morgan fingerprint density at radius 2 is 1.96 bits per heavy atom. The van der Waals surface area contributed by atoms with Gasteiger partial charge in [0.1, 0.15) is 16.9 Å². The second kappa shape index (κ2) is 8.03. The fourth-order valence-corrected chi connectivity index (χ4v) is 3.97. The number of rotatable bonds is 6. The fraction of sp³-hybridized carbons (Fsp3) is 0.444. The third-order valence-corrected chi connectivity index (χ3v) is 5.49. The van der Waals surface area contributed by atoms with E-state index in [-0.39, 0.29) is 11.9 Å². The summed E-state index contributed by atoms with van der Waals surface area (Å²) < 4.78 is 13.0. The average Bonchev–Trinajstić information content (AvgIpc) is 3.06. The van der Waals surface area contributed by atoms with Crippen molar-refractivity contribution in [3.63, 3.8) is 0 Å². The molecule has 0 saturated carbocycles. The summed E-state index contributed by atoms with van der Waals surface area (Å²) in [5, 5.41) is 12.2. The molecule has 1 N–H and O–H groups in total. The van der Waals surface area contributed by atoms with Crippen LogP contribution in [0.5, 0.6) is 0 Å². The minimum absolute atomic E-state index is 0.245. The predicted octanol–water partition coefficient (Wildman–Crippen LogP) is 2.93. The van der Waals surface area contributed by atoms with Crippen molar-refractivity contribution in [3.05, 3.63) is 41.2 Å². The van der Waals surface area contributed by atoms with Crippen molar-refractivity contribution in [2.75, 3.05) is 26.2 Å². The molecule has 0 bridgehead atoms. The number of benzene rings is 1. The molecule has 0 amide bonds. The maximum absolute atomic E-state index is 13.0.